The van der Waals surface area contributed by atoms with Crippen LogP contribution in [0.15, 0.2) is 16.1 Å². The fourth-order valence-electron chi connectivity index (χ4n) is 2.53. The Balaban J connectivity index is 1.94. The van der Waals surface area contributed by atoms with Gasteiger partial charge in [-0.1, -0.05) is 0 Å². The third-order valence-electron chi connectivity index (χ3n) is 3.77. The van der Waals surface area contributed by atoms with E-state index in [9.17, 15) is 15.0 Å². The second-order valence-electron chi connectivity index (χ2n) is 5.90. The SMILES string of the molecule is CN(C)CC=Nc1nc2c(ncn2[C@H]2CC(O)[C@@H](CO)O2)c(=O)[nH]1. The number of aliphatic hydroxyl groups is 2. The maximum atomic E-state index is 12.1. The molecule has 0 aromatic carbocycles. The molecule has 1 fully saturated rings. The third kappa shape index (κ3) is 3.22. The monoisotopic (exact) mass is 336 g/mol. The van der Waals surface area contributed by atoms with Crippen molar-refractivity contribution < 1.29 is 14.9 Å². The predicted octanol–water partition coefficient (Wildman–Crippen LogP) is -0.976. The number of hydrogen-bond acceptors (Lipinski definition) is 8. The zero-order valence-electron chi connectivity index (χ0n) is 13.5. The van der Waals surface area contributed by atoms with Crippen molar-refractivity contribution in [3.05, 3.63) is 16.7 Å². The average Bonchev–Trinajstić information content (AvgIpc) is 3.10. The minimum atomic E-state index is -0.781. The summed E-state index contributed by atoms with van der Waals surface area (Å²) in [4.78, 5) is 29.1. The van der Waals surface area contributed by atoms with Crippen molar-refractivity contribution in [2.45, 2.75) is 24.9 Å². The molecule has 3 N–H and O–H groups in total. The molecule has 3 atom stereocenters. The lowest BCUT2D eigenvalue weighted by Gasteiger charge is -2.13. The molecule has 3 rings (SSSR count). The van der Waals surface area contributed by atoms with Crippen molar-refractivity contribution in [2.75, 3.05) is 27.2 Å². The number of fused-ring (bicyclic) bond motifs is 1. The van der Waals surface area contributed by atoms with E-state index in [1.807, 2.05) is 19.0 Å². The lowest BCUT2D eigenvalue weighted by Crippen LogP contribution is -2.24. The molecule has 0 bridgehead atoms. The van der Waals surface area contributed by atoms with Gasteiger partial charge in [-0.2, -0.15) is 4.98 Å². The Bertz CT molecular complexity index is 798. The van der Waals surface area contributed by atoms with E-state index in [4.69, 9.17) is 4.74 Å². The van der Waals surface area contributed by atoms with Gasteiger partial charge in [0, 0.05) is 19.2 Å². The highest BCUT2D eigenvalue weighted by atomic mass is 16.5. The first-order chi connectivity index (χ1) is 11.5. The Morgan fingerprint density at radius 3 is 3.04 bits per heavy atom. The van der Waals surface area contributed by atoms with Gasteiger partial charge in [-0.25, -0.2) is 9.98 Å². The number of aliphatic hydroxyl groups excluding tert-OH is 2. The summed E-state index contributed by atoms with van der Waals surface area (Å²) >= 11 is 0. The summed E-state index contributed by atoms with van der Waals surface area (Å²) in [5.41, 5.74) is 0.103. The molecule has 24 heavy (non-hydrogen) atoms. The number of aromatic nitrogens is 4. The summed E-state index contributed by atoms with van der Waals surface area (Å²) in [7, 11) is 3.81. The van der Waals surface area contributed by atoms with Crippen LogP contribution < -0.4 is 5.56 Å². The number of aliphatic imine (C=N–C) groups is 1. The molecule has 10 nitrogen and oxygen atoms in total. The highest BCUT2D eigenvalue weighted by Crippen LogP contribution is 2.30. The van der Waals surface area contributed by atoms with Gasteiger partial charge in [0.25, 0.3) is 5.56 Å². The number of hydrogen-bond donors (Lipinski definition) is 3. The van der Waals surface area contributed by atoms with Crippen LogP contribution in [0.5, 0.6) is 0 Å². The summed E-state index contributed by atoms with van der Waals surface area (Å²) in [5.74, 6) is 0.174. The van der Waals surface area contributed by atoms with E-state index in [2.05, 4.69) is 19.9 Å². The van der Waals surface area contributed by atoms with Crippen LogP contribution in [0.1, 0.15) is 12.6 Å². The van der Waals surface area contributed by atoms with E-state index in [1.165, 1.54) is 6.33 Å². The molecular weight excluding hydrogens is 316 g/mol. The summed E-state index contributed by atoms with van der Waals surface area (Å²) in [6.45, 7) is 0.329. The number of H-pyrrole nitrogens is 1. The fourth-order valence-corrected chi connectivity index (χ4v) is 2.53. The van der Waals surface area contributed by atoms with Gasteiger partial charge < -0.3 is 19.8 Å². The maximum absolute atomic E-state index is 12.1. The van der Waals surface area contributed by atoms with Crippen molar-refractivity contribution >= 4 is 23.3 Å². The molecule has 0 aliphatic carbocycles. The van der Waals surface area contributed by atoms with Gasteiger partial charge in [0.15, 0.2) is 11.2 Å². The van der Waals surface area contributed by atoms with E-state index in [0.29, 0.717) is 12.2 Å². The molecule has 0 spiro atoms. The topological polar surface area (TPSA) is 129 Å². The smallest absolute Gasteiger partial charge is 0.280 e. The Kier molecular flexibility index (Phi) is 4.71. The molecule has 0 saturated carbocycles. The van der Waals surface area contributed by atoms with Gasteiger partial charge in [0.05, 0.1) is 19.0 Å². The number of imidazole rings is 1. The normalized spacial score (nSPS) is 24.6. The first kappa shape index (κ1) is 16.7. The van der Waals surface area contributed by atoms with Crippen molar-refractivity contribution in [3.63, 3.8) is 0 Å². The molecule has 10 heteroatoms. The molecule has 2 aromatic heterocycles. The fraction of sp³-hybridized carbons (Fsp3) is 0.571. The largest absolute Gasteiger partial charge is 0.394 e. The van der Waals surface area contributed by atoms with Gasteiger partial charge in [0.2, 0.25) is 5.95 Å². The summed E-state index contributed by atoms with van der Waals surface area (Å²) in [6.07, 6.45) is 1.38. The lowest BCUT2D eigenvalue weighted by atomic mass is 10.2. The zero-order valence-corrected chi connectivity index (χ0v) is 13.5. The maximum Gasteiger partial charge on any atom is 0.280 e. The minimum absolute atomic E-state index is 0.173. The van der Waals surface area contributed by atoms with E-state index >= 15 is 0 Å². The van der Waals surface area contributed by atoms with Crippen LogP contribution in [-0.4, -0.2) is 80.3 Å². The van der Waals surface area contributed by atoms with Crippen LogP contribution in [0.4, 0.5) is 5.95 Å². The third-order valence-corrected chi connectivity index (χ3v) is 3.77. The predicted molar refractivity (Wildman–Crippen MR) is 86.5 cm³/mol. The van der Waals surface area contributed by atoms with E-state index < -0.39 is 24.0 Å². The van der Waals surface area contributed by atoms with Crippen LogP contribution >= 0.6 is 0 Å². The van der Waals surface area contributed by atoms with E-state index in [0.717, 1.165) is 0 Å². The molecule has 130 valence electrons. The van der Waals surface area contributed by atoms with Gasteiger partial charge in [-0.15, -0.1) is 0 Å². The number of nitrogens with one attached hydrogen (secondary N) is 1. The van der Waals surface area contributed by atoms with Crippen LogP contribution in [0.3, 0.4) is 0 Å². The van der Waals surface area contributed by atoms with Crippen molar-refractivity contribution in [3.8, 4) is 0 Å². The summed E-state index contributed by atoms with van der Waals surface area (Å²) in [5, 5.41) is 19.1. The van der Waals surface area contributed by atoms with Gasteiger partial charge in [0.1, 0.15) is 12.3 Å². The second-order valence-corrected chi connectivity index (χ2v) is 5.90. The molecule has 0 radical (unpaired) electrons. The summed E-state index contributed by atoms with van der Waals surface area (Å²) in [6, 6.07) is 0. The van der Waals surface area contributed by atoms with Crippen molar-refractivity contribution in [2.24, 2.45) is 4.99 Å². The molecule has 1 aliphatic rings. The average molecular weight is 336 g/mol. The quantitative estimate of drug-likeness (QED) is 0.599. The van der Waals surface area contributed by atoms with E-state index in [-0.39, 0.29) is 24.5 Å². The molecule has 0 amide bonds. The first-order valence-corrected chi connectivity index (χ1v) is 7.58. The zero-order chi connectivity index (χ0) is 17.3. The highest BCUT2D eigenvalue weighted by molar-refractivity contribution is 5.71. The van der Waals surface area contributed by atoms with Gasteiger partial charge in [-0.3, -0.25) is 14.3 Å². The van der Waals surface area contributed by atoms with Crippen molar-refractivity contribution in [1.82, 2.24) is 24.4 Å². The molecule has 3 heterocycles. The Labute approximate surface area is 137 Å². The Hall–Kier alpha value is -2.14. The number of rotatable bonds is 5. The highest BCUT2D eigenvalue weighted by Gasteiger charge is 2.35. The number of aromatic amines is 1. The van der Waals surface area contributed by atoms with E-state index in [1.54, 1.807) is 10.8 Å². The van der Waals surface area contributed by atoms with Gasteiger partial charge in [-0.05, 0) is 14.1 Å². The molecule has 1 unspecified atom stereocenters. The Morgan fingerprint density at radius 1 is 1.58 bits per heavy atom. The molecule has 1 saturated heterocycles. The second kappa shape index (κ2) is 6.77. The molecular formula is C14H20N6O4. The molecule has 2 aromatic rings. The standard InChI is InChI=1S/C14H20N6O4/c1-19(2)4-3-15-14-17-12-11(13(23)18-14)16-7-20(12)10-5-8(22)9(6-21)24-10/h3,7-10,21-22H,4-6H2,1-2H3,(H,17,18,23)/t8?,9-,10-/m1/s1. The number of ether oxygens (including phenoxy) is 1. The number of nitrogens with zero attached hydrogens (tertiary/aromatic N) is 5. The van der Waals surface area contributed by atoms with Crippen LogP contribution in [0, 0.1) is 0 Å². The first-order valence-electron chi connectivity index (χ1n) is 7.58. The van der Waals surface area contributed by atoms with Crippen LogP contribution in [0.2, 0.25) is 0 Å². The van der Waals surface area contributed by atoms with Gasteiger partial charge >= 0.3 is 0 Å². The molecule has 1 aliphatic heterocycles. The summed E-state index contributed by atoms with van der Waals surface area (Å²) < 4.78 is 7.17. The minimum Gasteiger partial charge on any atom is -0.394 e. The van der Waals surface area contributed by atoms with Crippen molar-refractivity contribution in [1.29, 1.82) is 0 Å². The Morgan fingerprint density at radius 2 is 2.38 bits per heavy atom. The van der Waals surface area contributed by atoms with Crippen LogP contribution in [0.25, 0.3) is 11.2 Å². The lowest BCUT2D eigenvalue weighted by molar-refractivity contribution is -0.0432. The van der Waals surface area contributed by atoms with Crippen LogP contribution in [-0.2, 0) is 4.74 Å².